The zero-order chi connectivity index (χ0) is 75.4. The summed E-state index contributed by atoms with van der Waals surface area (Å²) in [7, 11) is 1.96. The number of amides is 8. The summed E-state index contributed by atoms with van der Waals surface area (Å²) < 4.78 is 2.04. The number of nitrogens with two attached hydrogens (primary N) is 3. The number of aliphatic imine (C=N–C) groups is 1. The zero-order valence-electron chi connectivity index (χ0n) is 58.5. The summed E-state index contributed by atoms with van der Waals surface area (Å²) in [4.78, 5) is 157. The van der Waals surface area contributed by atoms with Crippen LogP contribution in [-0.4, -0.2) is 201 Å². The Bertz CT molecular complexity index is 4110. The average Bonchev–Trinajstić information content (AvgIpc) is 1.58. The number of nitrogens with zero attached hydrogens (tertiary/aromatic N) is 4. The number of carbonyl (C=O) groups excluding carboxylic acids is 9. The normalized spacial score (nSPS) is 22.0. The minimum Gasteiger partial charge on any atom is -0.550 e. The van der Waals surface area contributed by atoms with E-state index in [0.717, 1.165) is 81.9 Å². The fourth-order valence-corrected chi connectivity index (χ4v) is 15.9. The molecule has 4 aromatic carbocycles. The van der Waals surface area contributed by atoms with E-state index < -0.39 is 138 Å². The third-order valence-electron chi connectivity index (χ3n) is 18.6. The first kappa shape index (κ1) is 79.6. The standard InChI is InChI=1S/C73H92N14O15S2/c1-72(2)56(25-8-6-5-7-9-26-57-73(3,4)63-46-21-13-11-19-44(46)28-30-54(63)86(57)37-32-60(91)92)85(53-29-27-43-18-10-12-20-45(43)62(53)72)36-31-58(89)80-51-41-103-104-42-52(67(98)81-48(70(101)102)22-14-15-33-74)84-68(99)55-24-17-35-87(55)69(100)50(40-88)83-66(97)49(38-61(93)94)82-65(96)47(23-16-34-77-71(75)76)79-59(90)39-78-64(51)95/h5-13,18-21,25-30,47-52,55,88H,14-17,22-24,31-42,74H2,1-4H3,(H13-,75,76,77,78,79,80,81,82,83,84,89,90,91,92,93,94,95,96,97,98,99,101,102)/t47-,48-,49+,50-,51?,52+,55?/m1/s1. The summed E-state index contributed by atoms with van der Waals surface area (Å²) in [5.41, 5.74) is 21.3. The van der Waals surface area contributed by atoms with Gasteiger partial charge < -0.3 is 89.4 Å². The number of guanidine groups is 1. The van der Waals surface area contributed by atoms with Gasteiger partial charge in [0.25, 0.3) is 0 Å². The number of benzene rings is 4. The Kier molecular flexibility index (Phi) is 28.2. The van der Waals surface area contributed by atoms with Crippen LogP contribution in [0.2, 0.25) is 0 Å². The van der Waals surface area contributed by atoms with E-state index in [9.17, 15) is 73.2 Å². The number of carboxylic acid groups (broad SMARTS) is 3. The smallest absolute Gasteiger partial charge is 0.326 e. The molecule has 7 atom stereocenters. The van der Waals surface area contributed by atoms with Crippen molar-refractivity contribution in [3.05, 3.63) is 132 Å². The molecule has 4 aliphatic rings. The summed E-state index contributed by atoms with van der Waals surface area (Å²) in [6.07, 6.45) is 12.9. The minimum absolute atomic E-state index is 0.0114. The maximum Gasteiger partial charge on any atom is 0.326 e. The highest BCUT2D eigenvalue weighted by atomic mass is 33.1. The fourth-order valence-electron chi connectivity index (χ4n) is 13.5. The number of allylic oxidation sites excluding steroid dienone is 8. The first-order chi connectivity index (χ1) is 49.7. The Morgan fingerprint density at radius 1 is 0.760 bits per heavy atom. The number of anilines is 1. The number of fused-ring (bicyclic) bond motifs is 7. The van der Waals surface area contributed by atoms with Crippen molar-refractivity contribution in [1.29, 1.82) is 0 Å². The van der Waals surface area contributed by atoms with Gasteiger partial charge in [-0.05, 0) is 111 Å². The number of hydrogen-bond donors (Lipinski definition) is 13. The molecule has 0 saturated carbocycles. The molecular formula is C73H92N14O15S2. The lowest BCUT2D eigenvalue weighted by atomic mass is 9.79. The van der Waals surface area contributed by atoms with Gasteiger partial charge in [-0.25, -0.2) is 4.79 Å². The number of carboxylic acids is 3. The quantitative estimate of drug-likeness (QED) is 0.0111. The van der Waals surface area contributed by atoms with Gasteiger partial charge in [-0.3, -0.25) is 48.1 Å². The van der Waals surface area contributed by atoms with Gasteiger partial charge in [0, 0.05) is 84.5 Å². The number of aliphatic carboxylic acids is 3. The van der Waals surface area contributed by atoms with Crippen molar-refractivity contribution in [1.82, 2.24) is 42.1 Å². The lowest BCUT2D eigenvalue weighted by Gasteiger charge is -2.30. The highest BCUT2D eigenvalue weighted by Crippen LogP contribution is 2.51. The Morgan fingerprint density at radius 2 is 1.42 bits per heavy atom. The molecular weight excluding hydrogens is 1380 g/mol. The molecule has 2 fully saturated rings. The monoisotopic (exact) mass is 1470 g/mol. The van der Waals surface area contributed by atoms with Crippen LogP contribution in [-0.2, 0) is 63.6 Å². The van der Waals surface area contributed by atoms with Gasteiger partial charge >= 0.3 is 11.9 Å². The predicted molar refractivity (Wildman–Crippen MR) is 395 cm³/mol. The first-order valence-electron chi connectivity index (χ1n) is 34.5. The lowest BCUT2D eigenvalue weighted by Crippen LogP contribution is -2.60. The number of aliphatic hydroxyl groups excluding tert-OH is 1. The van der Waals surface area contributed by atoms with Gasteiger partial charge in [0.05, 0.1) is 25.0 Å². The van der Waals surface area contributed by atoms with Crippen molar-refractivity contribution in [2.75, 3.05) is 62.3 Å². The van der Waals surface area contributed by atoms with Gasteiger partial charge in [0.1, 0.15) is 42.3 Å². The molecule has 8 rings (SSSR count). The van der Waals surface area contributed by atoms with Crippen LogP contribution in [0.1, 0.15) is 103 Å². The van der Waals surface area contributed by atoms with Crippen molar-refractivity contribution in [2.24, 2.45) is 22.2 Å². The summed E-state index contributed by atoms with van der Waals surface area (Å²) in [5, 5.41) is 63.9. The number of carbonyl (C=O) groups is 11. The molecule has 8 amide bonds. The van der Waals surface area contributed by atoms with Crippen molar-refractivity contribution in [3.8, 4) is 0 Å². The second kappa shape index (κ2) is 36.9. The number of rotatable bonds is 25. The second-order valence-electron chi connectivity index (χ2n) is 26.7. The fraction of sp³-hybridized carbons (Fsp3) is 0.438. The molecule has 31 heteroatoms. The molecule has 0 bridgehead atoms. The van der Waals surface area contributed by atoms with E-state index in [0.29, 0.717) is 12.8 Å². The number of aliphatic hydroxyl groups is 1. The van der Waals surface area contributed by atoms with E-state index >= 15 is 0 Å². The molecule has 4 aromatic rings. The van der Waals surface area contributed by atoms with E-state index in [1.54, 1.807) is 0 Å². The van der Waals surface area contributed by atoms with Crippen LogP contribution in [0.15, 0.2) is 126 Å². The number of nitrogens with one attached hydrogen (secondary N) is 7. The maximum absolute atomic E-state index is 14.6. The Balaban J connectivity index is 1.07. The van der Waals surface area contributed by atoms with Gasteiger partial charge in [-0.2, -0.15) is 4.58 Å². The van der Waals surface area contributed by atoms with E-state index in [4.69, 9.17) is 17.2 Å². The van der Waals surface area contributed by atoms with Crippen LogP contribution in [0.25, 0.3) is 21.5 Å². The van der Waals surface area contributed by atoms with Crippen LogP contribution in [0.5, 0.6) is 0 Å². The Labute approximate surface area is 609 Å². The van der Waals surface area contributed by atoms with Crippen molar-refractivity contribution >= 4 is 131 Å². The molecule has 2 unspecified atom stereocenters. The SMILES string of the molecule is CC1(C)C(/C=C/C=C/C=C/C=C2/N(CCC(=O)NC3CSSC[C@@H](C(=O)N[C@H](CCCCN)C(=O)O)NC(=O)C4CCCN4C(=O)[C@@H](CO)NC(=O)[C@H](CC(=O)O)NC(=O)[C@@H](CCCN=C(N)N)NC(=O)CNC3=O)c3ccc4ccccc4c3C2(C)C)=[N+](CCC(=O)[O-])c2ccc3ccccc3c21. The van der Waals surface area contributed by atoms with Crippen molar-refractivity contribution < 1.29 is 77.7 Å². The van der Waals surface area contributed by atoms with Crippen LogP contribution < -0.4 is 64.4 Å². The molecule has 0 aliphatic carbocycles. The summed E-state index contributed by atoms with van der Waals surface area (Å²) in [6, 6.07) is 13.3. The van der Waals surface area contributed by atoms with Gasteiger partial charge in [-0.15, -0.1) is 0 Å². The largest absolute Gasteiger partial charge is 0.550 e. The molecule has 4 heterocycles. The molecule has 2 saturated heterocycles. The number of hydrogen-bond acceptors (Lipinski definition) is 18. The van der Waals surface area contributed by atoms with Crippen LogP contribution >= 0.6 is 21.6 Å². The molecule has 104 heavy (non-hydrogen) atoms. The summed E-state index contributed by atoms with van der Waals surface area (Å²) in [6.45, 7) is 7.07. The van der Waals surface area contributed by atoms with E-state index in [-0.39, 0.29) is 95.1 Å². The zero-order valence-corrected chi connectivity index (χ0v) is 60.2. The van der Waals surface area contributed by atoms with Crippen LogP contribution in [0, 0.1) is 0 Å². The Morgan fingerprint density at radius 3 is 2.11 bits per heavy atom. The second-order valence-corrected chi connectivity index (χ2v) is 29.2. The molecule has 4 aliphatic heterocycles. The summed E-state index contributed by atoms with van der Waals surface area (Å²) >= 11 is 0. The third-order valence-corrected chi connectivity index (χ3v) is 21.1. The van der Waals surface area contributed by atoms with Crippen LogP contribution in [0.4, 0.5) is 11.4 Å². The van der Waals surface area contributed by atoms with Crippen LogP contribution in [0.3, 0.4) is 0 Å². The van der Waals surface area contributed by atoms with Gasteiger partial charge in [0.2, 0.25) is 52.9 Å². The molecule has 556 valence electrons. The highest BCUT2D eigenvalue weighted by Gasteiger charge is 2.46. The lowest BCUT2D eigenvalue weighted by molar-refractivity contribution is -0.439. The van der Waals surface area contributed by atoms with Gasteiger partial charge in [-0.1, -0.05) is 120 Å². The van der Waals surface area contributed by atoms with Crippen molar-refractivity contribution in [3.63, 3.8) is 0 Å². The molecule has 29 nitrogen and oxygen atoms in total. The minimum atomic E-state index is -1.92. The van der Waals surface area contributed by atoms with E-state index in [2.05, 4.69) is 82.0 Å². The topological polar surface area (TPSA) is 456 Å². The number of unbranched alkanes of at least 4 members (excludes halogenated alkanes) is 1. The van der Waals surface area contributed by atoms with E-state index in [1.807, 2.05) is 113 Å². The van der Waals surface area contributed by atoms with Crippen molar-refractivity contribution in [2.45, 2.75) is 145 Å². The van der Waals surface area contributed by atoms with E-state index in [1.165, 1.54) is 0 Å². The molecule has 0 radical (unpaired) electrons. The average molecular weight is 1470 g/mol. The first-order valence-corrected chi connectivity index (χ1v) is 37.0. The predicted octanol–water partition coefficient (Wildman–Crippen LogP) is 1.39. The summed E-state index contributed by atoms with van der Waals surface area (Å²) in [5.74, 6) is -12.3. The maximum atomic E-state index is 14.6. The van der Waals surface area contributed by atoms with Gasteiger partial charge in [0.15, 0.2) is 18.2 Å². The molecule has 0 spiro atoms. The third kappa shape index (κ3) is 20.2. The molecule has 16 N–H and O–H groups in total. The highest BCUT2D eigenvalue weighted by molar-refractivity contribution is 8.76. The Hall–Kier alpha value is -10.1. The molecule has 0 aromatic heterocycles.